The maximum Gasteiger partial charge on any atom is 0.416 e. The lowest BCUT2D eigenvalue weighted by Crippen LogP contribution is -2.32. The molecule has 35 heavy (non-hydrogen) atoms. The summed E-state index contributed by atoms with van der Waals surface area (Å²) in [4.78, 5) is 0. The Labute approximate surface area is 204 Å². The number of alkyl halides is 3. The van der Waals surface area contributed by atoms with Gasteiger partial charge in [-0.05, 0) is 88.9 Å². The Balaban J connectivity index is 1.74. The fraction of sp³-hybridized carbons (Fsp3) is 0.444. The van der Waals surface area contributed by atoms with Crippen LogP contribution >= 0.6 is 0 Å². The lowest BCUT2D eigenvalue weighted by atomic mass is 10.0. The summed E-state index contributed by atoms with van der Waals surface area (Å²) >= 11 is 0. The number of aliphatic hydroxyl groups excluding tert-OH is 2. The number of aryl methyl sites for hydroxylation is 2. The summed E-state index contributed by atoms with van der Waals surface area (Å²) in [5.74, 6) is 0.652. The van der Waals surface area contributed by atoms with Crippen LogP contribution in [0.2, 0.25) is 0 Å². The molecule has 0 bridgehead atoms. The first kappa shape index (κ1) is 26.8. The van der Waals surface area contributed by atoms with Crippen molar-refractivity contribution in [3.05, 3.63) is 70.9 Å². The first-order valence-electron chi connectivity index (χ1n) is 11.7. The lowest BCUT2D eigenvalue weighted by Gasteiger charge is -2.25. The number of halogens is 3. The normalized spacial score (nSPS) is 13.3. The number of hydrogen-bond donors (Lipinski definition) is 2. The summed E-state index contributed by atoms with van der Waals surface area (Å²) in [5.41, 5.74) is 2.33. The average Bonchev–Trinajstić information content (AvgIpc) is 3.23. The highest BCUT2D eigenvalue weighted by atomic mass is 19.4. The molecule has 0 fully saturated rings. The van der Waals surface area contributed by atoms with Crippen LogP contribution in [0.5, 0.6) is 5.75 Å². The Bertz CT molecular complexity index is 1140. The van der Waals surface area contributed by atoms with Crippen LogP contribution < -0.4 is 4.74 Å². The maximum atomic E-state index is 12.9. The smallest absolute Gasteiger partial charge is 0.416 e. The van der Waals surface area contributed by atoms with Crippen molar-refractivity contribution in [2.24, 2.45) is 0 Å². The molecule has 3 rings (SSSR count). The minimum atomic E-state index is -4.38. The molecule has 0 amide bonds. The van der Waals surface area contributed by atoms with E-state index >= 15 is 0 Å². The van der Waals surface area contributed by atoms with Gasteiger partial charge in [-0.1, -0.05) is 18.2 Å². The Morgan fingerprint density at radius 2 is 1.69 bits per heavy atom. The van der Waals surface area contributed by atoms with Crippen molar-refractivity contribution >= 4 is 0 Å². The first-order valence-corrected chi connectivity index (χ1v) is 11.7. The van der Waals surface area contributed by atoms with E-state index in [1.165, 1.54) is 12.1 Å². The van der Waals surface area contributed by atoms with Crippen molar-refractivity contribution in [2.75, 3.05) is 6.61 Å². The molecule has 3 aromatic rings. The van der Waals surface area contributed by atoms with Gasteiger partial charge in [0.1, 0.15) is 11.4 Å². The van der Waals surface area contributed by atoms with Crippen LogP contribution in [-0.4, -0.2) is 32.2 Å². The topological polar surface area (TPSA) is 67.5 Å². The van der Waals surface area contributed by atoms with Crippen molar-refractivity contribution in [1.29, 1.82) is 0 Å². The fourth-order valence-electron chi connectivity index (χ4n) is 3.81. The van der Waals surface area contributed by atoms with Gasteiger partial charge in [0.15, 0.2) is 0 Å². The number of nitrogens with zero attached hydrogens (tertiary/aromatic N) is 2. The van der Waals surface area contributed by atoms with Gasteiger partial charge in [-0.2, -0.15) is 18.3 Å². The number of ether oxygens (including phenoxy) is 1. The molecular formula is C27H33F3N2O3. The first-order chi connectivity index (χ1) is 16.3. The van der Waals surface area contributed by atoms with Crippen LogP contribution in [0.3, 0.4) is 0 Å². The number of rotatable bonds is 9. The van der Waals surface area contributed by atoms with Gasteiger partial charge in [0.2, 0.25) is 0 Å². The molecule has 1 heterocycles. The molecule has 0 aliphatic carbocycles. The van der Waals surface area contributed by atoms with Crippen molar-refractivity contribution < 1.29 is 28.1 Å². The summed E-state index contributed by atoms with van der Waals surface area (Å²) in [6, 6.07) is 12.4. The van der Waals surface area contributed by atoms with E-state index in [1.54, 1.807) is 19.9 Å². The van der Waals surface area contributed by atoms with Gasteiger partial charge in [-0.15, -0.1) is 0 Å². The van der Waals surface area contributed by atoms with Gasteiger partial charge in [0.05, 0.1) is 24.0 Å². The van der Waals surface area contributed by atoms with Crippen LogP contribution in [0.4, 0.5) is 13.2 Å². The van der Waals surface area contributed by atoms with E-state index in [9.17, 15) is 23.4 Å². The second-order valence-electron chi connectivity index (χ2n) is 9.73. The Morgan fingerprint density at radius 3 is 2.23 bits per heavy atom. The highest BCUT2D eigenvalue weighted by Crippen LogP contribution is 2.32. The molecule has 1 atom stereocenters. The highest BCUT2D eigenvalue weighted by Gasteiger charge is 2.30. The van der Waals surface area contributed by atoms with Crippen molar-refractivity contribution in [1.82, 2.24) is 9.78 Å². The molecule has 5 nitrogen and oxygen atoms in total. The monoisotopic (exact) mass is 490 g/mol. The third-order valence-corrected chi connectivity index (χ3v) is 5.83. The average molecular weight is 491 g/mol. The van der Waals surface area contributed by atoms with E-state index in [0.717, 1.165) is 29.0 Å². The molecule has 1 aromatic heterocycles. The number of benzene rings is 2. The van der Waals surface area contributed by atoms with Crippen LogP contribution in [0.15, 0.2) is 48.5 Å². The predicted molar refractivity (Wildman–Crippen MR) is 129 cm³/mol. The Kier molecular flexibility index (Phi) is 7.97. The van der Waals surface area contributed by atoms with Gasteiger partial charge >= 0.3 is 6.18 Å². The number of aromatic nitrogens is 2. The number of hydrogen-bond acceptors (Lipinski definition) is 4. The van der Waals surface area contributed by atoms with Gasteiger partial charge in [0.25, 0.3) is 0 Å². The standard InChI is InChI=1S/C27H33F3N2O3/c1-17(2)32-22(15-23(31-32)19-6-9-21(10-7-19)27(28,29)30)11-12-24(34)20-8-13-25(18(3)14-20)35-26(4,5)16-33/h6-10,13-15,17,24,33-34H,11-12,16H2,1-5H3. The quantitative estimate of drug-likeness (QED) is 0.371. The van der Waals surface area contributed by atoms with Gasteiger partial charge in [-0.3, -0.25) is 4.68 Å². The summed E-state index contributed by atoms with van der Waals surface area (Å²) in [6.07, 6.45) is -4.10. The molecule has 0 aliphatic rings. The zero-order valence-electron chi connectivity index (χ0n) is 20.7. The molecular weight excluding hydrogens is 457 g/mol. The third kappa shape index (κ3) is 6.64. The zero-order valence-corrected chi connectivity index (χ0v) is 20.7. The summed E-state index contributed by atoms with van der Waals surface area (Å²) < 4.78 is 46.4. The van der Waals surface area contributed by atoms with E-state index in [2.05, 4.69) is 5.10 Å². The van der Waals surface area contributed by atoms with E-state index in [4.69, 9.17) is 4.74 Å². The van der Waals surface area contributed by atoms with Gasteiger partial charge < -0.3 is 14.9 Å². The largest absolute Gasteiger partial charge is 0.485 e. The van der Waals surface area contributed by atoms with E-state index in [0.29, 0.717) is 29.8 Å². The second kappa shape index (κ2) is 10.4. The summed E-state index contributed by atoms with van der Waals surface area (Å²) in [7, 11) is 0. The predicted octanol–water partition coefficient (Wildman–Crippen LogP) is 6.27. The van der Waals surface area contributed by atoms with E-state index in [1.807, 2.05) is 43.7 Å². The zero-order chi connectivity index (χ0) is 26.0. The van der Waals surface area contributed by atoms with Crippen LogP contribution in [-0.2, 0) is 12.6 Å². The number of aliphatic hydroxyl groups is 2. The molecule has 0 saturated heterocycles. The Hall–Kier alpha value is -2.84. The van der Waals surface area contributed by atoms with E-state index in [-0.39, 0.29) is 12.6 Å². The molecule has 0 saturated carbocycles. The second-order valence-corrected chi connectivity index (χ2v) is 9.73. The van der Waals surface area contributed by atoms with E-state index < -0.39 is 23.4 Å². The maximum absolute atomic E-state index is 12.9. The minimum absolute atomic E-state index is 0.0545. The molecule has 0 aliphatic heterocycles. The van der Waals surface area contributed by atoms with Crippen LogP contribution in [0, 0.1) is 6.92 Å². The SMILES string of the molecule is Cc1cc(C(O)CCc2cc(-c3ccc(C(F)(F)F)cc3)nn2C(C)C)ccc1OC(C)(C)CO. The molecule has 0 radical (unpaired) electrons. The molecule has 0 spiro atoms. The minimum Gasteiger partial charge on any atom is -0.485 e. The fourth-order valence-corrected chi connectivity index (χ4v) is 3.81. The molecule has 8 heteroatoms. The highest BCUT2D eigenvalue weighted by molar-refractivity contribution is 5.60. The lowest BCUT2D eigenvalue weighted by molar-refractivity contribution is -0.137. The Morgan fingerprint density at radius 1 is 1.03 bits per heavy atom. The summed E-state index contributed by atoms with van der Waals surface area (Å²) in [5, 5.41) is 24.9. The van der Waals surface area contributed by atoms with Gasteiger partial charge in [0, 0.05) is 17.3 Å². The van der Waals surface area contributed by atoms with Crippen LogP contribution in [0.1, 0.15) is 68.6 Å². The van der Waals surface area contributed by atoms with Crippen molar-refractivity contribution in [2.45, 2.75) is 71.4 Å². The van der Waals surface area contributed by atoms with Crippen molar-refractivity contribution in [3.8, 4) is 17.0 Å². The third-order valence-electron chi connectivity index (χ3n) is 5.83. The molecule has 1 unspecified atom stereocenters. The molecule has 2 N–H and O–H groups in total. The molecule has 190 valence electrons. The summed E-state index contributed by atoms with van der Waals surface area (Å²) in [6.45, 7) is 9.34. The van der Waals surface area contributed by atoms with Gasteiger partial charge in [-0.25, -0.2) is 0 Å². The van der Waals surface area contributed by atoms with Crippen molar-refractivity contribution in [3.63, 3.8) is 0 Å². The van der Waals surface area contributed by atoms with Crippen LogP contribution in [0.25, 0.3) is 11.3 Å². The molecule has 2 aromatic carbocycles.